The van der Waals surface area contributed by atoms with Crippen molar-refractivity contribution in [3.8, 4) is 16.9 Å². The Morgan fingerprint density at radius 3 is 2.56 bits per heavy atom. The smallest absolute Gasteiger partial charge is 0.344 e. The van der Waals surface area contributed by atoms with E-state index in [4.69, 9.17) is 9.15 Å². The first kappa shape index (κ1) is 15.9. The van der Waals surface area contributed by atoms with Crippen LogP contribution in [0.25, 0.3) is 22.1 Å². The molecule has 1 N–H and O–H groups in total. The fourth-order valence-electron chi connectivity index (χ4n) is 3.19. The van der Waals surface area contributed by atoms with Crippen molar-refractivity contribution in [1.29, 1.82) is 0 Å². The molecule has 0 bridgehead atoms. The van der Waals surface area contributed by atoms with Gasteiger partial charge in [-0.15, -0.1) is 0 Å². The lowest BCUT2D eigenvalue weighted by atomic mass is 10.0. The molecule has 0 radical (unpaired) electrons. The van der Waals surface area contributed by atoms with Gasteiger partial charge >= 0.3 is 5.63 Å². The highest BCUT2D eigenvalue weighted by molar-refractivity contribution is 5.85. The molecule has 1 aromatic heterocycles. The molecule has 4 rings (SSSR count). The van der Waals surface area contributed by atoms with E-state index < -0.39 is 5.63 Å². The second-order valence-electron chi connectivity index (χ2n) is 6.18. The number of phenolic OH excluding ortho intramolecular Hbond substituents is 1. The SMILES string of the molecule is O=c1oc2c(CN3CCOCC3)c(O)ccc2cc1-c1ccccc1. The van der Waals surface area contributed by atoms with Gasteiger partial charge < -0.3 is 14.3 Å². The summed E-state index contributed by atoms with van der Waals surface area (Å²) >= 11 is 0. The molecule has 0 aliphatic carbocycles. The fraction of sp³-hybridized carbons (Fsp3) is 0.250. The average molecular weight is 337 g/mol. The molecule has 0 atom stereocenters. The Morgan fingerprint density at radius 2 is 1.80 bits per heavy atom. The molecule has 5 heteroatoms. The number of ether oxygens (including phenoxy) is 1. The van der Waals surface area contributed by atoms with Gasteiger partial charge in [-0.05, 0) is 23.8 Å². The first-order chi connectivity index (χ1) is 12.2. The number of morpholine rings is 1. The van der Waals surface area contributed by atoms with Crippen molar-refractivity contribution in [2.24, 2.45) is 0 Å². The van der Waals surface area contributed by atoms with Crippen molar-refractivity contribution in [1.82, 2.24) is 4.90 Å². The molecular formula is C20H19NO4. The molecule has 1 aliphatic rings. The summed E-state index contributed by atoms with van der Waals surface area (Å²) in [5.74, 6) is 0.148. The average Bonchev–Trinajstić information content (AvgIpc) is 2.65. The minimum absolute atomic E-state index is 0.148. The zero-order chi connectivity index (χ0) is 17.2. The van der Waals surface area contributed by atoms with Gasteiger partial charge in [0.1, 0.15) is 11.3 Å². The van der Waals surface area contributed by atoms with Crippen molar-refractivity contribution in [2.75, 3.05) is 26.3 Å². The van der Waals surface area contributed by atoms with Crippen molar-refractivity contribution in [3.05, 3.63) is 64.5 Å². The molecule has 128 valence electrons. The van der Waals surface area contributed by atoms with Crippen LogP contribution in [0, 0.1) is 0 Å². The van der Waals surface area contributed by atoms with Crippen LogP contribution in [0.3, 0.4) is 0 Å². The van der Waals surface area contributed by atoms with Crippen LogP contribution in [-0.4, -0.2) is 36.3 Å². The van der Waals surface area contributed by atoms with Crippen molar-refractivity contribution >= 4 is 11.0 Å². The van der Waals surface area contributed by atoms with Crippen LogP contribution in [0.4, 0.5) is 0 Å². The maximum Gasteiger partial charge on any atom is 0.344 e. The van der Waals surface area contributed by atoms with Crippen LogP contribution in [0.5, 0.6) is 5.75 Å². The number of nitrogens with zero attached hydrogens (tertiary/aromatic N) is 1. The zero-order valence-electron chi connectivity index (χ0n) is 13.8. The van der Waals surface area contributed by atoms with E-state index >= 15 is 0 Å². The Balaban J connectivity index is 1.80. The van der Waals surface area contributed by atoms with Gasteiger partial charge in [0.05, 0.1) is 24.3 Å². The van der Waals surface area contributed by atoms with E-state index in [1.54, 1.807) is 12.1 Å². The van der Waals surface area contributed by atoms with Gasteiger partial charge in [-0.1, -0.05) is 30.3 Å². The molecule has 3 aromatic rings. The molecule has 2 heterocycles. The minimum atomic E-state index is -0.396. The maximum absolute atomic E-state index is 12.5. The fourth-order valence-corrected chi connectivity index (χ4v) is 3.19. The molecule has 2 aromatic carbocycles. The molecular weight excluding hydrogens is 318 g/mol. The highest BCUT2D eigenvalue weighted by Gasteiger charge is 2.18. The Hall–Kier alpha value is -2.63. The lowest BCUT2D eigenvalue weighted by Crippen LogP contribution is -2.35. The zero-order valence-corrected chi connectivity index (χ0v) is 13.8. The van der Waals surface area contributed by atoms with Crippen molar-refractivity contribution in [2.45, 2.75) is 6.54 Å². The third kappa shape index (κ3) is 3.16. The molecule has 1 fully saturated rings. The summed E-state index contributed by atoms with van der Waals surface area (Å²) in [6, 6.07) is 14.7. The van der Waals surface area contributed by atoms with E-state index in [1.807, 2.05) is 36.4 Å². The van der Waals surface area contributed by atoms with Gasteiger partial charge in [0.25, 0.3) is 0 Å². The molecule has 5 nitrogen and oxygen atoms in total. The Kier molecular flexibility index (Phi) is 4.26. The number of phenols is 1. The maximum atomic E-state index is 12.5. The van der Waals surface area contributed by atoms with Gasteiger partial charge in [-0.25, -0.2) is 4.79 Å². The molecule has 1 aliphatic heterocycles. The highest BCUT2D eigenvalue weighted by atomic mass is 16.5. The number of rotatable bonds is 3. The Bertz CT molecular complexity index is 943. The second-order valence-corrected chi connectivity index (χ2v) is 6.18. The number of benzene rings is 2. The second kappa shape index (κ2) is 6.70. The van der Waals surface area contributed by atoms with E-state index in [-0.39, 0.29) is 5.75 Å². The van der Waals surface area contributed by atoms with Crippen LogP contribution >= 0.6 is 0 Å². The Labute approximate surface area is 145 Å². The summed E-state index contributed by atoms with van der Waals surface area (Å²) < 4.78 is 11.0. The van der Waals surface area contributed by atoms with Gasteiger partial charge in [0.2, 0.25) is 0 Å². The van der Waals surface area contributed by atoms with E-state index in [0.29, 0.717) is 36.5 Å². The van der Waals surface area contributed by atoms with Gasteiger partial charge in [-0.2, -0.15) is 0 Å². The summed E-state index contributed by atoms with van der Waals surface area (Å²) in [4.78, 5) is 14.7. The standard InChI is InChI=1S/C20H19NO4/c22-18-7-6-15-12-16(14-4-2-1-3-5-14)20(23)25-19(15)17(18)13-21-8-10-24-11-9-21/h1-7,12,22H,8-11,13H2. The first-order valence-corrected chi connectivity index (χ1v) is 8.36. The van der Waals surface area contributed by atoms with Gasteiger partial charge in [0.15, 0.2) is 0 Å². The predicted molar refractivity (Wildman–Crippen MR) is 95.7 cm³/mol. The summed E-state index contributed by atoms with van der Waals surface area (Å²) in [6.45, 7) is 3.46. The third-order valence-corrected chi connectivity index (χ3v) is 4.55. The highest BCUT2D eigenvalue weighted by Crippen LogP contribution is 2.30. The topological polar surface area (TPSA) is 62.9 Å². The van der Waals surface area contributed by atoms with Crippen LogP contribution in [0.1, 0.15) is 5.56 Å². The van der Waals surface area contributed by atoms with Crippen LogP contribution < -0.4 is 5.63 Å². The summed E-state index contributed by atoms with van der Waals surface area (Å²) in [7, 11) is 0. The normalized spacial score (nSPS) is 15.5. The molecule has 0 spiro atoms. The molecule has 0 saturated carbocycles. The van der Waals surface area contributed by atoms with Crippen LogP contribution in [0.15, 0.2) is 57.7 Å². The third-order valence-electron chi connectivity index (χ3n) is 4.55. The summed E-state index contributed by atoms with van der Waals surface area (Å²) in [5.41, 5.74) is 2.05. The lowest BCUT2D eigenvalue weighted by molar-refractivity contribution is 0.0339. The predicted octanol–water partition coefficient (Wildman–Crippen LogP) is 3.00. The Morgan fingerprint density at radius 1 is 1.04 bits per heavy atom. The largest absolute Gasteiger partial charge is 0.507 e. The number of fused-ring (bicyclic) bond motifs is 1. The minimum Gasteiger partial charge on any atom is -0.507 e. The number of aromatic hydroxyl groups is 1. The van der Waals surface area contributed by atoms with E-state index in [1.165, 1.54) is 0 Å². The molecule has 0 unspecified atom stereocenters. The van der Waals surface area contributed by atoms with Crippen molar-refractivity contribution in [3.63, 3.8) is 0 Å². The first-order valence-electron chi connectivity index (χ1n) is 8.36. The molecule has 1 saturated heterocycles. The van der Waals surface area contributed by atoms with Gasteiger partial charge in [-0.3, -0.25) is 4.90 Å². The number of hydrogen-bond acceptors (Lipinski definition) is 5. The van der Waals surface area contributed by atoms with Gasteiger partial charge in [0, 0.05) is 25.0 Å². The quantitative estimate of drug-likeness (QED) is 0.745. The molecule has 0 amide bonds. The van der Waals surface area contributed by atoms with E-state index in [9.17, 15) is 9.90 Å². The number of hydrogen-bond donors (Lipinski definition) is 1. The van der Waals surface area contributed by atoms with Crippen LogP contribution in [-0.2, 0) is 11.3 Å². The lowest BCUT2D eigenvalue weighted by Gasteiger charge is -2.27. The van der Waals surface area contributed by atoms with E-state index in [0.717, 1.165) is 24.0 Å². The monoisotopic (exact) mass is 337 g/mol. The van der Waals surface area contributed by atoms with E-state index in [2.05, 4.69) is 4.90 Å². The summed E-state index contributed by atoms with van der Waals surface area (Å²) in [6.07, 6.45) is 0. The van der Waals surface area contributed by atoms with Crippen molar-refractivity contribution < 1.29 is 14.3 Å². The van der Waals surface area contributed by atoms with Crippen LogP contribution in [0.2, 0.25) is 0 Å². The molecule has 25 heavy (non-hydrogen) atoms. The summed E-state index contributed by atoms with van der Waals surface area (Å²) in [5, 5.41) is 11.1.